The molecule has 0 radical (unpaired) electrons. The minimum atomic E-state index is -2.64. The van der Waals surface area contributed by atoms with Crippen LogP contribution in [0, 0.1) is 6.92 Å². The summed E-state index contributed by atoms with van der Waals surface area (Å²) in [7, 11) is 1.73. The maximum Gasteiger partial charge on any atom is 0.357 e. The van der Waals surface area contributed by atoms with E-state index >= 15 is 0 Å². The second kappa shape index (κ2) is 11.6. The van der Waals surface area contributed by atoms with E-state index in [1.54, 1.807) is 48.2 Å². The number of hydrogen-bond donors (Lipinski definition) is 3. The highest BCUT2D eigenvalue weighted by Gasteiger charge is 2.34. The molecule has 2 aliphatic heterocycles. The number of amides is 2. The summed E-state index contributed by atoms with van der Waals surface area (Å²) >= 11 is 10.0. The highest BCUT2D eigenvalue weighted by Crippen LogP contribution is 2.33. The van der Waals surface area contributed by atoms with E-state index in [2.05, 4.69) is 20.8 Å². The van der Waals surface area contributed by atoms with Crippen LogP contribution in [0.4, 0.5) is 5.69 Å². The first kappa shape index (κ1) is 28.1. The number of benzene rings is 1. The standard InChI is InChI=1S/C26H26Cl2N6O5S/c1-14-8-16(27)10-19(26(36)33(2)17-5-6-17)22(14)31-25(35)15-9-18(39-40(37)38)13-34(12-15)24-20(11-30-32-24)23-21(28)4-3-7-29-23/h3-4,7-10,13,17,20,30H,5-6,11-12H2,1-2H3,(H,31,35)(H,37,38). The lowest BCUT2D eigenvalue weighted by atomic mass is 10.0. The van der Waals surface area contributed by atoms with Gasteiger partial charge in [0.05, 0.1) is 34.4 Å². The summed E-state index contributed by atoms with van der Waals surface area (Å²) in [6.45, 7) is 2.21. The Labute approximate surface area is 243 Å². The predicted molar refractivity (Wildman–Crippen MR) is 152 cm³/mol. The van der Waals surface area contributed by atoms with Gasteiger partial charge in [0.15, 0.2) is 5.76 Å². The molecule has 2 atom stereocenters. The number of hydrogen-bond acceptors (Lipinski definition) is 8. The number of rotatable bonds is 7. The molecule has 1 saturated carbocycles. The van der Waals surface area contributed by atoms with Crippen molar-refractivity contribution in [1.82, 2.24) is 20.2 Å². The van der Waals surface area contributed by atoms with Gasteiger partial charge in [0.25, 0.3) is 11.8 Å². The third kappa shape index (κ3) is 5.99. The molecule has 3 heterocycles. The maximum absolute atomic E-state index is 13.6. The molecule has 2 amide bonds. The van der Waals surface area contributed by atoms with Crippen molar-refractivity contribution in [3.8, 4) is 0 Å². The Morgan fingerprint density at radius 2 is 2.08 bits per heavy atom. The number of allylic oxidation sites excluding steroid dienone is 1. The topological polar surface area (TPSA) is 136 Å². The van der Waals surface area contributed by atoms with Crippen LogP contribution in [0.2, 0.25) is 10.0 Å². The molecule has 14 heteroatoms. The van der Waals surface area contributed by atoms with Gasteiger partial charge in [-0.25, -0.2) is 0 Å². The average Bonchev–Trinajstić information content (AvgIpc) is 3.65. The Balaban J connectivity index is 1.44. The van der Waals surface area contributed by atoms with Crippen molar-refractivity contribution < 1.29 is 22.5 Å². The van der Waals surface area contributed by atoms with Crippen molar-refractivity contribution in [2.45, 2.75) is 31.7 Å². The lowest BCUT2D eigenvalue weighted by molar-refractivity contribution is -0.113. The van der Waals surface area contributed by atoms with E-state index in [0.717, 1.165) is 12.8 Å². The first-order valence-electron chi connectivity index (χ1n) is 12.4. The number of anilines is 1. The summed E-state index contributed by atoms with van der Waals surface area (Å²) in [5, 5.41) is 8.07. The van der Waals surface area contributed by atoms with Crippen molar-refractivity contribution in [3.05, 3.63) is 80.9 Å². The molecule has 1 aromatic heterocycles. The molecular formula is C26H26Cl2N6O5S. The van der Waals surface area contributed by atoms with Crippen molar-refractivity contribution in [3.63, 3.8) is 0 Å². The highest BCUT2D eigenvalue weighted by atomic mass is 35.5. The molecule has 2 aromatic rings. The molecule has 0 spiro atoms. The van der Waals surface area contributed by atoms with E-state index in [4.69, 9.17) is 27.4 Å². The Kier molecular flexibility index (Phi) is 8.13. The van der Waals surface area contributed by atoms with Crippen molar-refractivity contribution in [2.75, 3.05) is 25.5 Å². The zero-order chi connectivity index (χ0) is 28.6. The van der Waals surface area contributed by atoms with Gasteiger partial charge in [0.1, 0.15) is 5.84 Å². The number of hydrazone groups is 1. The van der Waals surface area contributed by atoms with Crippen LogP contribution in [0.15, 0.2) is 59.2 Å². The van der Waals surface area contributed by atoms with Crippen LogP contribution in [-0.4, -0.2) is 67.4 Å². The number of nitrogens with one attached hydrogen (secondary N) is 2. The van der Waals surface area contributed by atoms with Gasteiger partial charge in [-0.3, -0.25) is 19.1 Å². The number of carbonyl (C=O) groups excluding carboxylic acids is 2. The molecule has 11 nitrogen and oxygen atoms in total. The second-order valence-corrected chi connectivity index (χ2v) is 11.1. The second-order valence-electron chi connectivity index (χ2n) is 9.63. The highest BCUT2D eigenvalue weighted by molar-refractivity contribution is 7.74. The number of aromatic nitrogens is 1. The molecule has 3 N–H and O–H groups in total. The lowest BCUT2D eigenvalue weighted by Crippen LogP contribution is -2.37. The average molecular weight is 606 g/mol. The third-order valence-electron chi connectivity index (χ3n) is 6.80. The van der Waals surface area contributed by atoms with Gasteiger partial charge in [0, 0.05) is 42.6 Å². The fraction of sp³-hybridized carbons (Fsp3) is 0.308. The van der Waals surface area contributed by atoms with Crippen molar-refractivity contribution in [1.29, 1.82) is 0 Å². The SMILES string of the molecule is Cc1cc(Cl)cc(C(=O)N(C)C2CC2)c1NC(=O)C1=CC(OS(=O)O)=CN(C2=NNCC2c2ncccc2Cl)C1. The monoisotopic (exact) mass is 604 g/mol. The molecule has 0 saturated heterocycles. The Bertz CT molecular complexity index is 1490. The number of halogens is 2. The van der Waals surface area contributed by atoms with Crippen LogP contribution in [0.1, 0.15) is 40.4 Å². The fourth-order valence-corrected chi connectivity index (χ4v) is 5.45. The summed E-state index contributed by atoms with van der Waals surface area (Å²) in [4.78, 5) is 34.6. The fourth-order valence-electron chi connectivity index (χ4n) is 4.66. The Hall–Kier alpha value is -3.45. The van der Waals surface area contributed by atoms with E-state index < -0.39 is 17.3 Å². The van der Waals surface area contributed by atoms with Crippen LogP contribution in [0.5, 0.6) is 0 Å². The van der Waals surface area contributed by atoms with Crippen molar-refractivity contribution >= 4 is 57.9 Å². The van der Waals surface area contributed by atoms with E-state index in [9.17, 15) is 18.4 Å². The minimum Gasteiger partial charge on any atom is -0.379 e. The number of pyridine rings is 1. The van der Waals surface area contributed by atoms with Gasteiger partial charge in [-0.2, -0.15) is 9.31 Å². The summed E-state index contributed by atoms with van der Waals surface area (Å²) < 4.78 is 25.9. The largest absolute Gasteiger partial charge is 0.379 e. The summed E-state index contributed by atoms with van der Waals surface area (Å²) in [5.74, 6) is -0.670. The number of nitrogens with zero attached hydrogens (tertiary/aromatic N) is 4. The van der Waals surface area contributed by atoms with E-state index in [0.29, 0.717) is 39.4 Å². The van der Waals surface area contributed by atoms with E-state index in [1.165, 1.54) is 18.3 Å². The molecule has 40 heavy (non-hydrogen) atoms. The molecule has 0 bridgehead atoms. The molecule has 1 aliphatic carbocycles. The van der Waals surface area contributed by atoms with Crippen LogP contribution < -0.4 is 10.7 Å². The van der Waals surface area contributed by atoms with Crippen LogP contribution >= 0.6 is 23.2 Å². The van der Waals surface area contributed by atoms with Gasteiger partial charge in [-0.15, -0.1) is 0 Å². The predicted octanol–water partition coefficient (Wildman–Crippen LogP) is 3.81. The van der Waals surface area contributed by atoms with Crippen molar-refractivity contribution in [2.24, 2.45) is 5.10 Å². The Morgan fingerprint density at radius 3 is 2.77 bits per heavy atom. The summed E-state index contributed by atoms with van der Waals surface area (Å²) in [6.07, 6.45) is 6.33. The van der Waals surface area contributed by atoms with E-state index in [-0.39, 0.29) is 41.3 Å². The first-order valence-corrected chi connectivity index (χ1v) is 14.2. The van der Waals surface area contributed by atoms with E-state index in [1.807, 2.05) is 0 Å². The van der Waals surface area contributed by atoms with Gasteiger partial charge in [-0.1, -0.05) is 23.2 Å². The molecule has 2 unspecified atom stereocenters. The quantitative estimate of drug-likeness (QED) is 0.406. The van der Waals surface area contributed by atoms with Gasteiger partial charge >= 0.3 is 11.4 Å². The smallest absolute Gasteiger partial charge is 0.357 e. The normalized spacial score (nSPS) is 19.2. The molecule has 3 aliphatic rings. The lowest BCUT2D eigenvalue weighted by Gasteiger charge is -2.28. The third-order valence-corrected chi connectivity index (χ3v) is 7.67. The van der Waals surface area contributed by atoms with Gasteiger partial charge in [-0.05, 0) is 55.7 Å². The number of carbonyl (C=O) groups is 2. The zero-order valence-electron chi connectivity index (χ0n) is 21.6. The molecular weight excluding hydrogens is 579 g/mol. The molecule has 210 valence electrons. The first-order chi connectivity index (χ1) is 19.1. The van der Waals surface area contributed by atoms with Crippen LogP contribution in [0.25, 0.3) is 0 Å². The number of aryl methyl sites for hydroxylation is 1. The molecule has 1 fully saturated rings. The van der Waals surface area contributed by atoms with Gasteiger partial charge in [0.2, 0.25) is 0 Å². The molecule has 1 aromatic carbocycles. The van der Waals surface area contributed by atoms with Gasteiger partial charge < -0.3 is 24.7 Å². The van der Waals surface area contributed by atoms with Crippen LogP contribution in [0.3, 0.4) is 0 Å². The number of amidine groups is 1. The zero-order valence-corrected chi connectivity index (χ0v) is 23.9. The van der Waals surface area contributed by atoms with Crippen LogP contribution in [-0.2, 0) is 20.3 Å². The minimum absolute atomic E-state index is 0.0321. The summed E-state index contributed by atoms with van der Waals surface area (Å²) in [6, 6.07) is 6.81. The Morgan fingerprint density at radius 1 is 1.30 bits per heavy atom. The molecule has 5 rings (SSSR count). The summed E-state index contributed by atoms with van der Waals surface area (Å²) in [5.41, 5.74) is 4.95. The maximum atomic E-state index is 13.6.